The van der Waals surface area contributed by atoms with E-state index >= 15 is 0 Å². The van der Waals surface area contributed by atoms with Crippen LogP contribution in [0.25, 0.3) is 0 Å². The van der Waals surface area contributed by atoms with Crippen LogP contribution < -0.4 is 10.1 Å². The summed E-state index contributed by atoms with van der Waals surface area (Å²) in [5.41, 5.74) is 1.67. The third-order valence-corrected chi connectivity index (χ3v) is 5.70. The number of hydrogen-bond acceptors (Lipinski definition) is 4. The lowest BCUT2D eigenvalue weighted by molar-refractivity contribution is -0.154. The van der Waals surface area contributed by atoms with Crippen molar-refractivity contribution >= 4 is 11.8 Å². The number of ether oxygens (including phenoxy) is 2. The van der Waals surface area contributed by atoms with Crippen LogP contribution in [-0.2, 0) is 27.4 Å². The molecular formula is C23H26N2O4. The Hall–Kier alpha value is -2.86. The number of nitrogens with one attached hydrogen (secondary N) is 1. The van der Waals surface area contributed by atoms with E-state index in [0.717, 1.165) is 29.7 Å². The van der Waals surface area contributed by atoms with Crippen LogP contribution in [0.2, 0.25) is 0 Å². The number of carbonyl (C=O) groups is 2. The molecule has 0 radical (unpaired) electrons. The molecule has 0 atom stereocenters. The Bertz CT molecular complexity index is 848. The quantitative estimate of drug-likeness (QED) is 0.845. The van der Waals surface area contributed by atoms with Crippen molar-refractivity contribution in [3.8, 4) is 5.75 Å². The Morgan fingerprint density at radius 1 is 1.07 bits per heavy atom. The van der Waals surface area contributed by atoms with E-state index in [2.05, 4.69) is 5.32 Å². The summed E-state index contributed by atoms with van der Waals surface area (Å²) in [5, 5.41) is 2.88. The Labute approximate surface area is 170 Å². The number of para-hydroxylation sites is 1. The van der Waals surface area contributed by atoms with Gasteiger partial charge in [-0.15, -0.1) is 0 Å². The molecule has 0 bridgehead atoms. The van der Waals surface area contributed by atoms with Gasteiger partial charge in [0.25, 0.3) is 0 Å². The summed E-state index contributed by atoms with van der Waals surface area (Å²) in [6.07, 6.45) is 1.80. The highest BCUT2D eigenvalue weighted by Crippen LogP contribution is 2.28. The van der Waals surface area contributed by atoms with Crippen LogP contribution in [0.15, 0.2) is 54.6 Å². The molecule has 0 aromatic heterocycles. The van der Waals surface area contributed by atoms with Gasteiger partial charge >= 0.3 is 0 Å². The lowest BCUT2D eigenvalue weighted by atomic mass is 9.89. The SMILES string of the molecule is O=C1COC2(CCN(C(=O)Cc3ccccc3OCc3ccccc3)CC2)CN1. The van der Waals surface area contributed by atoms with Crippen molar-refractivity contribution in [2.24, 2.45) is 0 Å². The fraction of sp³-hybridized carbons (Fsp3) is 0.391. The van der Waals surface area contributed by atoms with Gasteiger partial charge in [-0.05, 0) is 24.5 Å². The van der Waals surface area contributed by atoms with Gasteiger partial charge in [0.2, 0.25) is 11.8 Å². The number of nitrogens with zero attached hydrogens (tertiary/aromatic N) is 1. The minimum atomic E-state index is -0.318. The zero-order chi connectivity index (χ0) is 20.1. The fourth-order valence-electron chi connectivity index (χ4n) is 3.87. The van der Waals surface area contributed by atoms with Gasteiger partial charge in [0.1, 0.15) is 19.0 Å². The molecule has 2 heterocycles. The second-order valence-electron chi connectivity index (χ2n) is 7.69. The van der Waals surface area contributed by atoms with Gasteiger partial charge in [0.05, 0.1) is 12.0 Å². The maximum atomic E-state index is 12.9. The lowest BCUT2D eigenvalue weighted by Crippen LogP contribution is -2.58. The fourth-order valence-corrected chi connectivity index (χ4v) is 3.87. The van der Waals surface area contributed by atoms with Crippen LogP contribution in [0, 0.1) is 0 Å². The van der Waals surface area contributed by atoms with Crippen molar-refractivity contribution < 1.29 is 19.1 Å². The molecule has 2 amide bonds. The molecule has 1 N–H and O–H groups in total. The molecule has 2 fully saturated rings. The molecule has 29 heavy (non-hydrogen) atoms. The average molecular weight is 394 g/mol. The van der Waals surface area contributed by atoms with Gasteiger partial charge in [-0.2, -0.15) is 0 Å². The van der Waals surface area contributed by atoms with Crippen LogP contribution in [0.1, 0.15) is 24.0 Å². The Balaban J connectivity index is 1.34. The molecule has 2 aromatic carbocycles. The van der Waals surface area contributed by atoms with Crippen molar-refractivity contribution in [1.29, 1.82) is 0 Å². The number of rotatable bonds is 5. The van der Waals surface area contributed by atoms with Crippen molar-refractivity contribution in [3.63, 3.8) is 0 Å². The van der Waals surface area contributed by atoms with Crippen LogP contribution in [0.3, 0.4) is 0 Å². The minimum Gasteiger partial charge on any atom is -0.489 e. The third kappa shape index (κ3) is 4.77. The maximum absolute atomic E-state index is 12.9. The number of carbonyl (C=O) groups excluding carboxylic acids is 2. The molecule has 2 aliphatic rings. The van der Waals surface area contributed by atoms with Gasteiger partial charge in [0.15, 0.2) is 0 Å². The summed E-state index contributed by atoms with van der Waals surface area (Å²) in [7, 11) is 0. The number of likely N-dealkylation sites (tertiary alicyclic amines) is 1. The zero-order valence-electron chi connectivity index (χ0n) is 16.4. The van der Waals surface area contributed by atoms with E-state index in [0.29, 0.717) is 32.7 Å². The minimum absolute atomic E-state index is 0.0683. The van der Waals surface area contributed by atoms with Crippen molar-refractivity contribution in [2.75, 3.05) is 26.2 Å². The summed E-state index contributed by atoms with van der Waals surface area (Å²) in [4.78, 5) is 26.1. The highest BCUT2D eigenvalue weighted by molar-refractivity contribution is 5.80. The standard InChI is InChI=1S/C23H26N2O4/c26-21-16-29-23(17-24-21)10-12-25(13-11-23)22(27)14-19-8-4-5-9-20(19)28-15-18-6-2-1-3-7-18/h1-9H,10-17H2,(H,24,26). The predicted octanol–water partition coefficient (Wildman–Crippen LogP) is 2.32. The first-order valence-corrected chi connectivity index (χ1v) is 10.1. The van der Waals surface area contributed by atoms with Crippen LogP contribution in [0.5, 0.6) is 5.75 Å². The summed E-state index contributed by atoms with van der Waals surface area (Å²) < 4.78 is 11.8. The molecule has 0 aliphatic carbocycles. The van der Waals surface area contributed by atoms with Gasteiger partial charge in [-0.25, -0.2) is 0 Å². The van der Waals surface area contributed by atoms with Gasteiger partial charge in [-0.3, -0.25) is 9.59 Å². The number of morpholine rings is 1. The molecule has 4 rings (SSSR count). The number of piperidine rings is 1. The van der Waals surface area contributed by atoms with Gasteiger partial charge in [-0.1, -0.05) is 48.5 Å². The predicted molar refractivity (Wildman–Crippen MR) is 108 cm³/mol. The molecule has 6 nitrogen and oxygen atoms in total. The lowest BCUT2D eigenvalue weighted by Gasteiger charge is -2.43. The molecule has 1 spiro atoms. The van der Waals surface area contributed by atoms with E-state index in [4.69, 9.17) is 9.47 Å². The zero-order valence-corrected chi connectivity index (χ0v) is 16.4. The number of benzene rings is 2. The smallest absolute Gasteiger partial charge is 0.246 e. The molecular weight excluding hydrogens is 368 g/mol. The second-order valence-corrected chi connectivity index (χ2v) is 7.69. The Morgan fingerprint density at radius 3 is 2.52 bits per heavy atom. The highest BCUT2D eigenvalue weighted by Gasteiger charge is 2.39. The monoisotopic (exact) mass is 394 g/mol. The van der Waals surface area contributed by atoms with Crippen LogP contribution in [-0.4, -0.2) is 48.6 Å². The highest BCUT2D eigenvalue weighted by atomic mass is 16.5. The van der Waals surface area contributed by atoms with Crippen molar-refractivity contribution in [1.82, 2.24) is 10.2 Å². The Morgan fingerprint density at radius 2 is 1.79 bits per heavy atom. The first kappa shape index (κ1) is 19.5. The molecule has 2 aromatic rings. The van der Waals surface area contributed by atoms with Crippen LogP contribution in [0.4, 0.5) is 0 Å². The summed E-state index contributed by atoms with van der Waals surface area (Å²) in [6, 6.07) is 17.7. The normalized spacial score (nSPS) is 18.3. The first-order valence-electron chi connectivity index (χ1n) is 10.1. The number of amides is 2. The molecule has 2 saturated heterocycles. The van der Waals surface area contributed by atoms with E-state index in [1.165, 1.54) is 0 Å². The van der Waals surface area contributed by atoms with E-state index in [-0.39, 0.29) is 24.0 Å². The molecule has 0 unspecified atom stereocenters. The van der Waals surface area contributed by atoms with Crippen molar-refractivity contribution in [2.45, 2.75) is 31.5 Å². The van der Waals surface area contributed by atoms with E-state index in [9.17, 15) is 9.59 Å². The molecule has 0 saturated carbocycles. The summed E-state index contributed by atoms with van der Waals surface area (Å²) in [5.74, 6) is 0.771. The largest absolute Gasteiger partial charge is 0.489 e. The second kappa shape index (κ2) is 8.66. The topological polar surface area (TPSA) is 67.9 Å². The molecule has 2 aliphatic heterocycles. The number of hydrogen-bond donors (Lipinski definition) is 1. The third-order valence-electron chi connectivity index (χ3n) is 5.70. The van der Waals surface area contributed by atoms with E-state index in [1.807, 2.05) is 59.5 Å². The van der Waals surface area contributed by atoms with Gasteiger partial charge < -0.3 is 19.7 Å². The van der Waals surface area contributed by atoms with E-state index in [1.54, 1.807) is 0 Å². The molecule has 152 valence electrons. The Kier molecular flexibility index (Phi) is 5.81. The van der Waals surface area contributed by atoms with E-state index < -0.39 is 0 Å². The van der Waals surface area contributed by atoms with Crippen LogP contribution >= 0.6 is 0 Å². The summed E-state index contributed by atoms with van der Waals surface area (Å²) >= 11 is 0. The summed E-state index contributed by atoms with van der Waals surface area (Å²) in [6.45, 7) is 2.40. The first-order chi connectivity index (χ1) is 14.1. The van der Waals surface area contributed by atoms with Crippen molar-refractivity contribution in [3.05, 3.63) is 65.7 Å². The average Bonchev–Trinajstić information content (AvgIpc) is 2.76. The maximum Gasteiger partial charge on any atom is 0.246 e. The van der Waals surface area contributed by atoms with Gasteiger partial charge in [0, 0.05) is 25.2 Å². The molecule has 6 heteroatoms.